The predicted molar refractivity (Wildman–Crippen MR) is 66.5 cm³/mol. The zero-order valence-electron chi connectivity index (χ0n) is 9.47. The van der Waals surface area contributed by atoms with Crippen molar-refractivity contribution in [3.05, 3.63) is 34.9 Å². The third-order valence-electron chi connectivity index (χ3n) is 3.31. The molecule has 82 valence electrons. The van der Waals surface area contributed by atoms with Gasteiger partial charge in [0.15, 0.2) is 0 Å². The molecule has 2 nitrogen and oxygen atoms in total. The van der Waals surface area contributed by atoms with Crippen LogP contribution in [0.4, 0.5) is 0 Å². The molecule has 1 aliphatic carbocycles. The van der Waals surface area contributed by atoms with Crippen LogP contribution in [0, 0.1) is 5.41 Å². The maximum atomic E-state index is 4.73. The van der Waals surface area contributed by atoms with Crippen molar-refractivity contribution in [2.24, 2.45) is 5.41 Å². The summed E-state index contributed by atoms with van der Waals surface area (Å²) in [7, 11) is 0. The fraction of sp³-hybridized carbons (Fsp3) is 0.385. The van der Waals surface area contributed by atoms with E-state index in [1.807, 2.05) is 24.5 Å². The van der Waals surface area contributed by atoms with E-state index in [0.29, 0.717) is 11.3 Å². The van der Waals surface area contributed by atoms with Gasteiger partial charge in [0, 0.05) is 29.3 Å². The zero-order chi connectivity index (χ0) is 11.2. The van der Waals surface area contributed by atoms with Crippen molar-refractivity contribution in [1.82, 2.24) is 9.97 Å². The molecule has 1 unspecified atom stereocenters. The van der Waals surface area contributed by atoms with Gasteiger partial charge in [-0.1, -0.05) is 13.8 Å². The fourth-order valence-electron chi connectivity index (χ4n) is 1.99. The molecule has 1 fully saturated rings. The number of nitrogens with zero attached hydrogens (tertiary/aromatic N) is 2. The Balaban J connectivity index is 1.89. The lowest BCUT2D eigenvalue weighted by atomic mass is 10.1. The number of hydrogen-bond donors (Lipinski definition) is 0. The van der Waals surface area contributed by atoms with Crippen molar-refractivity contribution in [2.45, 2.75) is 26.2 Å². The summed E-state index contributed by atoms with van der Waals surface area (Å²) in [5.41, 5.74) is 2.72. The van der Waals surface area contributed by atoms with E-state index in [0.717, 1.165) is 11.3 Å². The van der Waals surface area contributed by atoms with Crippen molar-refractivity contribution >= 4 is 11.3 Å². The Morgan fingerprint density at radius 3 is 2.62 bits per heavy atom. The van der Waals surface area contributed by atoms with Gasteiger partial charge in [0.05, 0.1) is 10.7 Å². The molecule has 0 aromatic carbocycles. The minimum atomic E-state index is 0.466. The SMILES string of the molecule is CC1(C)CC1c1nc(-c2ccncc2)cs1. The molecule has 2 aromatic rings. The smallest absolute Gasteiger partial charge is 0.0969 e. The van der Waals surface area contributed by atoms with Crippen LogP contribution in [0.25, 0.3) is 11.3 Å². The standard InChI is InChI=1S/C13H14N2S/c1-13(2)7-10(13)12-15-11(8-16-12)9-3-5-14-6-4-9/h3-6,8,10H,7H2,1-2H3. The Hall–Kier alpha value is -1.22. The number of aromatic nitrogens is 2. The average Bonchev–Trinajstić information content (AvgIpc) is 2.76. The Bertz CT molecular complexity index is 502. The van der Waals surface area contributed by atoms with Crippen LogP contribution in [0.2, 0.25) is 0 Å². The lowest BCUT2D eigenvalue weighted by molar-refractivity contribution is 0.620. The third-order valence-corrected chi connectivity index (χ3v) is 4.27. The van der Waals surface area contributed by atoms with E-state index in [4.69, 9.17) is 4.98 Å². The summed E-state index contributed by atoms with van der Waals surface area (Å²) < 4.78 is 0. The normalized spacial score (nSPS) is 22.0. The fourth-order valence-corrected chi connectivity index (χ4v) is 3.13. The first kappa shape index (κ1) is 9.97. The molecular formula is C13H14N2S. The quantitative estimate of drug-likeness (QED) is 0.785. The maximum absolute atomic E-state index is 4.73. The van der Waals surface area contributed by atoms with Crippen LogP contribution in [0.5, 0.6) is 0 Å². The van der Waals surface area contributed by atoms with Crippen LogP contribution in [0.3, 0.4) is 0 Å². The van der Waals surface area contributed by atoms with Gasteiger partial charge in [0.2, 0.25) is 0 Å². The highest BCUT2D eigenvalue weighted by Crippen LogP contribution is 2.59. The maximum Gasteiger partial charge on any atom is 0.0969 e. The second-order valence-corrected chi connectivity index (χ2v) is 5.94. The minimum absolute atomic E-state index is 0.466. The van der Waals surface area contributed by atoms with Crippen molar-refractivity contribution < 1.29 is 0 Å². The first-order valence-electron chi connectivity index (χ1n) is 5.53. The molecule has 0 spiro atoms. The molecule has 3 heteroatoms. The summed E-state index contributed by atoms with van der Waals surface area (Å²) in [6.45, 7) is 4.62. The van der Waals surface area contributed by atoms with Crippen molar-refractivity contribution in [3.8, 4) is 11.3 Å². The molecule has 0 aliphatic heterocycles. The van der Waals surface area contributed by atoms with E-state index in [2.05, 4.69) is 24.2 Å². The second-order valence-electron chi connectivity index (χ2n) is 5.05. The molecule has 0 N–H and O–H groups in total. The summed E-state index contributed by atoms with van der Waals surface area (Å²) >= 11 is 1.79. The molecule has 0 amide bonds. The van der Waals surface area contributed by atoms with Gasteiger partial charge >= 0.3 is 0 Å². The minimum Gasteiger partial charge on any atom is -0.265 e. The summed E-state index contributed by atoms with van der Waals surface area (Å²) in [6.07, 6.45) is 4.90. The van der Waals surface area contributed by atoms with Gasteiger partial charge in [0.25, 0.3) is 0 Å². The Morgan fingerprint density at radius 1 is 1.31 bits per heavy atom. The van der Waals surface area contributed by atoms with E-state index < -0.39 is 0 Å². The monoisotopic (exact) mass is 230 g/mol. The molecule has 2 aromatic heterocycles. The predicted octanol–water partition coefficient (Wildman–Crippen LogP) is 3.72. The highest BCUT2D eigenvalue weighted by molar-refractivity contribution is 7.10. The summed E-state index contributed by atoms with van der Waals surface area (Å²) in [4.78, 5) is 8.75. The van der Waals surface area contributed by atoms with Gasteiger partial charge < -0.3 is 0 Å². The topological polar surface area (TPSA) is 25.8 Å². The summed E-state index contributed by atoms with van der Waals surface area (Å²) in [5, 5.41) is 3.44. The van der Waals surface area contributed by atoms with Crippen LogP contribution in [0.1, 0.15) is 31.2 Å². The van der Waals surface area contributed by atoms with Gasteiger partial charge in [-0.15, -0.1) is 11.3 Å². The number of pyridine rings is 1. The van der Waals surface area contributed by atoms with Crippen LogP contribution < -0.4 is 0 Å². The lowest BCUT2D eigenvalue weighted by Crippen LogP contribution is -1.89. The second kappa shape index (κ2) is 3.39. The van der Waals surface area contributed by atoms with E-state index in [9.17, 15) is 0 Å². The lowest BCUT2D eigenvalue weighted by Gasteiger charge is -1.98. The molecule has 1 atom stereocenters. The van der Waals surface area contributed by atoms with Crippen LogP contribution in [-0.2, 0) is 0 Å². The van der Waals surface area contributed by atoms with Crippen LogP contribution in [-0.4, -0.2) is 9.97 Å². The number of hydrogen-bond acceptors (Lipinski definition) is 3. The molecule has 1 aliphatic rings. The number of rotatable bonds is 2. The van der Waals surface area contributed by atoms with Crippen molar-refractivity contribution in [1.29, 1.82) is 0 Å². The van der Waals surface area contributed by atoms with E-state index >= 15 is 0 Å². The van der Waals surface area contributed by atoms with Gasteiger partial charge in [0.1, 0.15) is 0 Å². The molecule has 3 rings (SSSR count). The molecule has 16 heavy (non-hydrogen) atoms. The third kappa shape index (κ3) is 1.65. The molecule has 0 bridgehead atoms. The molecular weight excluding hydrogens is 216 g/mol. The van der Waals surface area contributed by atoms with Crippen molar-refractivity contribution in [3.63, 3.8) is 0 Å². The largest absolute Gasteiger partial charge is 0.265 e. The van der Waals surface area contributed by atoms with Crippen molar-refractivity contribution in [2.75, 3.05) is 0 Å². The molecule has 2 heterocycles. The average molecular weight is 230 g/mol. The van der Waals surface area contributed by atoms with Crippen LogP contribution >= 0.6 is 11.3 Å². The number of thiazole rings is 1. The van der Waals surface area contributed by atoms with Crippen LogP contribution in [0.15, 0.2) is 29.9 Å². The zero-order valence-corrected chi connectivity index (χ0v) is 10.3. The Kier molecular flexibility index (Phi) is 2.11. The Morgan fingerprint density at radius 2 is 2.00 bits per heavy atom. The van der Waals surface area contributed by atoms with Gasteiger partial charge in [-0.2, -0.15) is 0 Å². The van der Waals surface area contributed by atoms with E-state index in [1.165, 1.54) is 11.4 Å². The van der Waals surface area contributed by atoms with E-state index in [-0.39, 0.29) is 0 Å². The van der Waals surface area contributed by atoms with E-state index in [1.54, 1.807) is 11.3 Å². The highest BCUT2D eigenvalue weighted by Gasteiger charge is 2.48. The molecule has 0 radical (unpaired) electrons. The summed E-state index contributed by atoms with van der Waals surface area (Å²) in [5.74, 6) is 0.674. The first-order valence-corrected chi connectivity index (χ1v) is 6.40. The highest BCUT2D eigenvalue weighted by atomic mass is 32.1. The molecule has 1 saturated carbocycles. The summed E-state index contributed by atoms with van der Waals surface area (Å²) in [6, 6.07) is 4.02. The Labute approximate surface area is 99.4 Å². The molecule has 0 saturated heterocycles. The van der Waals surface area contributed by atoms with Gasteiger partial charge in [-0.3, -0.25) is 4.98 Å². The first-order chi connectivity index (χ1) is 7.67. The van der Waals surface area contributed by atoms with Gasteiger partial charge in [-0.05, 0) is 24.0 Å². The van der Waals surface area contributed by atoms with Gasteiger partial charge in [-0.25, -0.2) is 4.98 Å².